The van der Waals surface area contributed by atoms with Crippen LogP contribution in [0.4, 0.5) is 0 Å². The lowest BCUT2D eigenvalue weighted by atomic mass is 10.2. The molecule has 0 amide bonds. The minimum atomic E-state index is 0.0713. The van der Waals surface area contributed by atoms with E-state index in [-0.39, 0.29) is 6.04 Å². The Morgan fingerprint density at radius 2 is 2.00 bits per heavy atom. The SMILES string of the molecule is CC(N)Cn1ncc2ccc(OCc3ccccc3)cc21. The second-order valence-electron chi connectivity index (χ2n) is 5.30. The molecule has 1 aromatic heterocycles. The van der Waals surface area contributed by atoms with Crippen LogP contribution in [0.15, 0.2) is 54.7 Å². The maximum absolute atomic E-state index is 5.86. The second-order valence-corrected chi connectivity index (χ2v) is 5.30. The van der Waals surface area contributed by atoms with E-state index in [1.165, 1.54) is 0 Å². The molecule has 2 aromatic carbocycles. The summed E-state index contributed by atoms with van der Waals surface area (Å²) >= 11 is 0. The Hall–Kier alpha value is -2.33. The van der Waals surface area contributed by atoms with E-state index in [1.807, 2.05) is 54.2 Å². The van der Waals surface area contributed by atoms with Crippen LogP contribution in [0.25, 0.3) is 10.9 Å². The van der Waals surface area contributed by atoms with Gasteiger partial charge in [-0.15, -0.1) is 0 Å². The largest absolute Gasteiger partial charge is 0.489 e. The van der Waals surface area contributed by atoms with Gasteiger partial charge in [0.2, 0.25) is 0 Å². The molecule has 4 nitrogen and oxygen atoms in total. The Morgan fingerprint density at radius 3 is 2.76 bits per heavy atom. The molecule has 0 aliphatic carbocycles. The smallest absolute Gasteiger partial charge is 0.121 e. The molecule has 21 heavy (non-hydrogen) atoms. The van der Waals surface area contributed by atoms with Crippen molar-refractivity contribution in [3.63, 3.8) is 0 Å². The van der Waals surface area contributed by atoms with Gasteiger partial charge < -0.3 is 10.5 Å². The van der Waals surface area contributed by atoms with Gasteiger partial charge in [-0.2, -0.15) is 5.10 Å². The number of hydrogen-bond donors (Lipinski definition) is 1. The molecule has 2 N–H and O–H groups in total. The lowest BCUT2D eigenvalue weighted by Crippen LogP contribution is -2.22. The maximum Gasteiger partial charge on any atom is 0.121 e. The molecule has 108 valence electrons. The minimum Gasteiger partial charge on any atom is -0.489 e. The Labute approximate surface area is 124 Å². The zero-order valence-electron chi connectivity index (χ0n) is 12.1. The van der Waals surface area contributed by atoms with Gasteiger partial charge >= 0.3 is 0 Å². The molecule has 4 heteroatoms. The lowest BCUT2D eigenvalue weighted by molar-refractivity contribution is 0.306. The molecule has 0 aliphatic heterocycles. The van der Waals surface area contributed by atoms with Crippen molar-refractivity contribution in [2.24, 2.45) is 5.73 Å². The van der Waals surface area contributed by atoms with Crippen LogP contribution in [0.1, 0.15) is 12.5 Å². The molecule has 0 bridgehead atoms. The molecule has 3 aromatic rings. The van der Waals surface area contributed by atoms with Crippen molar-refractivity contribution < 1.29 is 4.74 Å². The highest BCUT2D eigenvalue weighted by molar-refractivity contribution is 5.80. The van der Waals surface area contributed by atoms with Gasteiger partial charge in [-0.05, 0) is 24.6 Å². The average molecular weight is 281 g/mol. The fraction of sp³-hybridized carbons (Fsp3) is 0.235. The minimum absolute atomic E-state index is 0.0713. The maximum atomic E-state index is 5.86. The number of hydrogen-bond acceptors (Lipinski definition) is 3. The van der Waals surface area contributed by atoms with E-state index >= 15 is 0 Å². The molecular weight excluding hydrogens is 262 g/mol. The molecule has 0 saturated heterocycles. The number of nitrogens with zero attached hydrogens (tertiary/aromatic N) is 2. The first-order valence-corrected chi connectivity index (χ1v) is 7.10. The van der Waals surface area contributed by atoms with Gasteiger partial charge in [0.1, 0.15) is 12.4 Å². The van der Waals surface area contributed by atoms with Crippen molar-refractivity contribution in [1.29, 1.82) is 0 Å². The Bertz CT molecular complexity index is 719. The number of rotatable bonds is 5. The zero-order chi connectivity index (χ0) is 14.7. The molecule has 0 saturated carbocycles. The summed E-state index contributed by atoms with van der Waals surface area (Å²) in [7, 11) is 0. The summed E-state index contributed by atoms with van der Waals surface area (Å²) in [6.07, 6.45) is 1.86. The monoisotopic (exact) mass is 281 g/mol. The second kappa shape index (κ2) is 5.97. The molecule has 1 atom stereocenters. The quantitative estimate of drug-likeness (QED) is 0.782. The van der Waals surface area contributed by atoms with E-state index in [0.717, 1.165) is 22.2 Å². The summed E-state index contributed by atoms with van der Waals surface area (Å²) in [6.45, 7) is 3.24. The zero-order valence-corrected chi connectivity index (χ0v) is 12.1. The number of aromatic nitrogens is 2. The van der Waals surface area contributed by atoms with Crippen LogP contribution in [-0.4, -0.2) is 15.8 Å². The number of benzene rings is 2. The van der Waals surface area contributed by atoms with E-state index in [0.29, 0.717) is 13.2 Å². The molecule has 0 fully saturated rings. The summed E-state index contributed by atoms with van der Waals surface area (Å²) in [6, 6.07) is 16.2. The van der Waals surface area contributed by atoms with Gasteiger partial charge in [-0.3, -0.25) is 4.68 Å². The van der Waals surface area contributed by atoms with Crippen molar-refractivity contribution in [3.05, 3.63) is 60.3 Å². The highest BCUT2D eigenvalue weighted by Crippen LogP contribution is 2.21. The van der Waals surface area contributed by atoms with Gasteiger partial charge in [0.25, 0.3) is 0 Å². The first kappa shape index (κ1) is 13.6. The van der Waals surface area contributed by atoms with E-state index in [1.54, 1.807) is 0 Å². The van der Waals surface area contributed by atoms with Crippen LogP contribution in [0, 0.1) is 0 Å². The summed E-state index contributed by atoms with van der Waals surface area (Å²) in [4.78, 5) is 0. The van der Waals surface area contributed by atoms with Crippen molar-refractivity contribution in [1.82, 2.24) is 9.78 Å². The topological polar surface area (TPSA) is 53.1 Å². The standard InChI is InChI=1S/C17H19N3O/c1-13(18)11-20-17-9-16(8-7-15(17)10-19-20)21-12-14-5-3-2-4-6-14/h2-10,13H,11-12,18H2,1H3. The van der Waals surface area contributed by atoms with Crippen molar-refractivity contribution in [2.45, 2.75) is 26.1 Å². The number of nitrogens with two attached hydrogens (primary N) is 1. The van der Waals surface area contributed by atoms with E-state index in [2.05, 4.69) is 17.2 Å². The number of fused-ring (bicyclic) bond motifs is 1. The predicted octanol–water partition coefficient (Wildman–Crippen LogP) is 2.96. The summed E-state index contributed by atoms with van der Waals surface area (Å²) < 4.78 is 7.78. The fourth-order valence-electron chi connectivity index (χ4n) is 2.30. The number of ether oxygens (including phenoxy) is 1. The molecule has 3 rings (SSSR count). The third-order valence-corrected chi connectivity index (χ3v) is 3.33. The Kier molecular flexibility index (Phi) is 3.88. The van der Waals surface area contributed by atoms with Crippen molar-refractivity contribution >= 4 is 10.9 Å². The van der Waals surface area contributed by atoms with Crippen LogP contribution in [0.3, 0.4) is 0 Å². The van der Waals surface area contributed by atoms with E-state index in [9.17, 15) is 0 Å². The molecule has 0 spiro atoms. The van der Waals surface area contributed by atoms with Crippen LogP contribution in [0.2, 0.25) is 0 Å². The highest BCUT2D eigenvalue weighted by Gasteiger charge is 2.06. The van der Waals surface area contributed by atoms with E-state index in [4.69, 9.17) is 10.5 Å². The van der Waals surface area contributed by atoms with Gasteiger partial charge in [0.05, 0.1) is 18.3 Å². The molecule has 1 heterocycles. The van der Waals surface area contributed by atoms with Crippen LogP contribution >= 0.6 is 0 Å². The first-order valence-electron chi connectivity index (χ1n) is 7.10. The predicted molar refractivity (Wildman–Crippen MR) is 84.2 cm³/mol. The summed E-state index contributed by atoms with van der Waals surface area (Å²) in [5, 5.41) is 5.48. The van der Waals surface area contributed by atoms with Gasteiger partial charge in [0.15, 0.2) is 0 Å². The molecule has 0 radical (unpaired) electrons. The molecule has 0 aliphatic rings. The third-order valence-electron chi connectivity index (χ3n) is 3.33. The Balaban J connectivity index is 1.79. The molecular formula is C17H19N3O. The Morgan fingerprint density at radius 1 is 1.19 bits per heavy atom. The lowest BCUT2D eigenvalue weighted by Gasteiger charge is -2.09. The van der Waals surface area contributed by atoms with Crippen LogP contribution < -0.4 is 10.5 Å². The fourth-order valence-corrected chi connectivity index (χ4v) is 2.30. The molecule has 1 unspecified atom stereocenters. The van der Waals surface area contributed by atoms with E-state index < -0.39 is 0 Å². The highest BCUT2D eigenvalue weighted by atomic mass is 16.5. The average Bonchev–Trinajstić information content (AvgIpc) is 2.88. The third kappa shape index (κ3) is 3.23. The summed E-state index contributed by atoms with van der Waals surface area (Å²) in [5.41, 5.74) is 8.06. The first-order chi connectivity index (χ1) is 10.2. The van der Waals surface area contributed by atoms with Gasteiger partial charge in [0, 0.05) is 17.5 Å². The normalized spacial score (nSPS) is 12.5. The summed E-state index contributed by atoms with van der Waals surface area (Å²) in [5.74, 6) is 0.845. The van der Waals surface area contributed by atoms with Crippen molar-refractivity contribution in [2.75, 3.05) is 0 Å². The van der Waals surface area contributed by atoms with Gasteiger partial charge in [-0.25, -0.2) is 0 Å². The van der Waals surface area contributed by atoms with Gasteiger partial charge in [-0.1, -0.05) is 30.3 Å². The van der Waals surface area contributed by atoms with Crippen molar-refractivity contribution in [3.8, 4) is 5.75 Å². The van der Waals surface area contributed by atoms with Crippen LogP contribution in [0.5, 0.6) is 5.75 Å². The van der Waals surface area contributed by atoms with Crippen LogP contribution in [-0.2, 0) is 13.2 Å².